The van der Waals surface area contributed by atoms with Crippen LogP contribution in [-0.4, -0.2) is 15.3 Å². The van der Waals surface area contributed by atoms with Gasteiger partial charge in [0.2, 0.25) is 0 Å². The highest BCUT2D eigenvalue weighted by Gasteiger charge is 2.43. The van der Waals surface area contributed by atoms with E-state index >= 15 is 0 Å². The number of nitriles is 1. The summed E-state index contributed by atoms with van der Waals surface area (Å²) in [6, 6.07) is 7.68. The van der Waals surface area contributed by atoms with E-state index in [0.717, 1.165) is 36.8 Å². The summed E-state index contributed by atoms with van der Waals surface area (Å²) >= 11 is 0. The van der Waals surface area contributed by atoms with Crippen LogP contribution in [0.1, 0.15) is 52.9 Å². The van der Waals surface area contributed by atoms with Crippen LogP contribution >= 0.6 is 0 Å². The Balaban J connectivity index is 1.98. The monoisotopic (exact) mass is 277 g/mol. The number of carbonyl (C=O) groups is 1. The van der Waals surface area contributed by atoms with E-state index in [1.54, 1.807) is 6.07 Å². The number of aromatic nitrogens is 2. The van der Waals surface area contributed by atoms with E-state index in [2.05, 4.69) is 15.6 Å². The van der Waals surface area contributed by atoms with Gasteiger partial charge in [-0.05, 0) is 43.4 Å². The van der Waals surface area contributed by atoms with E-state index in [1.165, 1.54) is 5.69 Å². The molecule has 1 unspecified atom stereocenters. The number of aryl methyl sites for hydroxylation is 1. The number of hydrogen-bond acceptors (Lipinski definition) is 3. The van der Waals surface area contributed by atoms with E-state index in [4.69, 9.17) is 5.26 Å². The lowest BCUT2D eigenvalue weighted by Gasteiger charge is -2.43. The fourth-order valence-electron chi connectivity index (χ4n) is 3.93. The highest BCUT2D eigenvalue weighted by Crippen LogP contribution is 2.45. The topological polar surface area (TPSA) is 58.7 Å². The second kappa shape index (κ2) is 4.29. The maximum absolute atomic E-state index is 12.3. The molecule has 21 heavy (non-hydrogen) atoms. The quantitative estimate of drug-likeness (QED) is 0.744. The molecule has 0 fully saturated rings. The number of ketones is 1. The molecule has 0 radical (unpaired) electrons. The molecule has 1 aromatic carbocycles. The Morgan fingerprint density at radius 2 is 2.19 bits per heavy atom. The van der Waals surface area contributed by atoms with Crippen LogP contribution in [0.15, 0.2) is 30.7 Å². The van der Waals surface area contributed by atoms with E-state index in [0.29, 0.717) is 12.0 Å². The smallest absolute Gasteiger partial charge is 0.163 e. The largest absolute Gasteiger partial charge is 0.324 e. The van der Waals surface area contributed by atoms with Gasteiger partial charge in [0, 0.05) is 23.9 Å². The minimum absolute atomic E-state index is 0.151. The van der Waals surface area contributed by atoms with Gasteiger partial charge in [-0.15, -0.1) is 0 Å². The van der Waals surface area contributed by atoms with Gasteiger partial charge in [0.05, 0.1) is 23.5 Å². The fraction of sp³-hybridized carbons (Fsp3) is 0.353. The summed E-state index contributed by atoms with van der Waals surface area (Å²) < 4.78 is 2.26. The molecule has 1 aromatic heterocycles. The van der Waals surface area contributed by atoms with Gasteiger partial charge >= 0.3 is 0 Å². The van der Waals surface area contributed by atoms with Gasteiger partial charge in [-0.2, -0.15) is 5.26 Å². The van der Waals surface area contributed by atoms with Gasteiger partial charge in [0.15, 0.2) is 5.78 Å². The predicted octanol–water partition coefficient (Wildman–Crippen LogP) is 2.81. The summed E-state index contributed by atoms with van der Waals surface area (Å²) in [5, 5.41) is 9.08. The first-order valence-electron chi connectivity index (χ1n) is 7.34. The summed E-state index contributed by atoms with van der Waals surface area (Å²) in [6.07, 6.45) is 8.38. The summed E-state index contributed by atoms with van der Waals surface area (Å²) in [5.74, 6) is 0.153. The van der Waals surface area contributed by atoms with Crippen LogP contribution in [0.4, 0.5) is 0 Å². The van der Waals surface area contributed by atoms with Crippen LogP contribution in [0.3, 0.4) is 0 Å². The van der Waals surface area contributed by atoms with Crippen LogP contribution in [0.5, 0.6) is 0 Å². The minimum Gasteiger partial charge on any atom is -0.324 e. The maximum Gasteiger partial charge on any atom is 0.163 e. The third kappa shape index (κ3) is 1.61. The molecule has 0 N–H and O–H groups in total. The van der Waals surface area contributed by atoms with Gasteiger partial charge < -0.3 is 4.57 Å². The lowest BCUT2D eigenvalue weighted by molar-refractivity contribution is 0.0933. The Labute approximate surface area is 123 Å². The molecule has 0 saturated heterocycles. The molecule has 1 atom stereocenters. The summed E-state index contributed by atoms with van der Waals surface area (Å²) in [5.41, 5.74) is 3.44. The van der Waals surface area contributed by atoms with Crippen molar-refractivity contribution in [3.05, 3.63) is 53.1 Å². The molecule has 104 valence electrons. The molecule has 0 bridgehead atoms. The molecule has 1 aliphatic carbocycles. The van der Waals surface area contributed by atoms with Crippen molar-refractivity contribution in [2.24, 2.45) is 0 Å². The maximum atomic E-state index is 12.3. The lowest BCUT2D eigenvalue weighted by atomic mass is 9.71. The van der Waals surface area contributed by atoms with Crippen molar-refractivity contribution in [3.63, 3.8) is 0 Å². The SMILES string of the molecule is N#Cc1ccc2c(c1)C(=O)CCC21CCCc2cncn21. The Hall–Kier alpha value is -2.41. The molecule has 2 aromatic rings. The Bertz CT molecular complexity index is 784. The number of rotatable bonds is 0. The molecule has 1 aliphatic heterocycles. The van der Waals surface area contributed by atoms with Crippen molar-refractivity contribution in [1.29, 1.82) is 5.26 Å². The number of hydrogen-bond donors (Lipinski definition) is 0. The van der Waals surface area contributed by atoms with Crippen molar-refractivity contribution in [2.75, 3.05) is 0 Å². The normalized spacial score (nSPS) is 23.5. The molecule has 0 saturated carbocycles. The van der Waals surface area contributed by atoms with Crippen LogP contribution in [0.25, 0.3) is 0 Å². The second-order valence-electron chi connectivity index (χ2n) is 5.94. The number of Topliss-reactive ketones (excluding diaryl/α,β-unsaturated/α-hetero) is 1. The van der Waals surface area contributed by atoms with Gasteiger partial charge in [0.1, 0.15) is 0 Å². The van der Waals surface area contributed by atoms with Crippen LogP contribution < -0.4 is 0 Å². The average Bonchev–Trinajstić information content (AvgIpc) is 3.01. The fourth-order valence-corrected chi connectivity index (χ4v) is 3.93. The van der Waals surface area contributed by atoms with E-state index < -0.39 is 0 Å². The summed E-state index contributed by atoms with van der Waals surface area (Å²) in [4.78, 5) is 16.6. The first-order valence-corrected chi connectivity index (χ1v) is 7.34. The van der Waals surface area contributed by atoms with Gasteiger partial charge in [-0.25, -0.2) is 4.98 Å². The van der Waals surface area contributed by atoms with Crippen LogP contribution in [-0.2, 0) is 12.0 Å². The van der Waals surface area contributed by atoms with Crippen molar-refractivity contribution >= 4 is 5.78 Å². The van der Waals surface area contributed by atoms with E-state index in [-0.39, 0.29) is 11.3 Å². The average molecular weight is 277 g/mol. The van der Waals surface area contributed by atoms with Gasteiger partial charge in [-0.3, -0.25) is 4.79 Å². The van der Waals surface area contributed by atoms with Crippen molar-refractivity contribution in [2.45, 2.75) is 37.6 Å². The standard InChI is InChI=1S/C17H15N3O/c18-9-12-3-4-15-14(8-12)16(21)5-7-17(15)6-1-2-13-10-19-11-20(13)17/h3-4,8,10-11H,1-2,5-7H2. The first-order chi connectivity index (χ1) is 10.2. The predicted molar refractivity (Wildman–Crippen MR) is 77.0 cm³/mol. The molecule has 4 nitrogen and oxygen atoms in total. The number of carbonyl (C=O) groups excluding carboxylic acids is 1. The number of benzene rings is 1. The first kappa shape index (κ1) is 12.3. The van der Waals surface area contributed by atoms with E-state index in [9.17, 15) is 4.79 Å². The van der Waals surface area contributed by atoms with E-state index in [1.807, 2.05) is 24.7 Å². The van der Waals surface area contributed by atoms with Gasteiger partial charge in [-0.1, -0.05) is 6.07 Å². The Morgan fingerprint density at radius 1 is 1.29 bits per heavy atom. The Morgan fingerprint density at radius 3 is 3.05 bits per heavy atom. The zero-order valence-electron chi connectivity index (χ0n) is 11.7. The van der Waals surface area contributed by atoms with Crippen molar-refractivity contribution in [3.8, 4) is 6.07 Å². The molecule has 4 rings (SSSR count). The minimum atomic E-state index is -0.151. The van der Waals surface area contributed by atoms with Crippen LogP contribution in [0.2, 0.25) is 0 Å². The van der Waals surface area contributed by atoms with Crippen molar-refractivity contribution in [1.82, 2.24) is 9.55 Å². The molecule has 0 amide bonds. The second-order valence-corrected chi connectivity index (χ2v) is 5.94. The number of nitrogens with zero attached hydrogens (tertiary/aromatic N) is 3. The third-order valence-corrected chi connectivity index (χ3v) is 4.92. The van der Waals surface area contributed by atoms with Gasteiger partial charge in [0.25, 0.3) is 0 Å². The highest BCUT2D eigenvalue weighted by molar-refractivity contribution is 5.99. The lowest BCUT2D eigenvalue weighted by Crippen LogP contribution is -2.42. The summed E-state index contributed by atoms with van der Waals surface area (Å²) in [6.45, 7) is 0. The number of imidazole rings is 1. The molecule has 4 heteroatoms. The molecule has 1 spiro atoms. The van der Waals surface area contributed by atoms with Crippen molar-refractivity contribution < 1.29 is 4.79 Å². The Kier molecular flexibility index (Phi) is 2.52. The zero-order valence-corrected chi connectivity index (χ0v) is 11.7. The summed E-state index contributed by atoms with van der Waals surface area (Å²) in [7, 11) is 0. The highest BCUT2D eigenvalue weighted by atomic mass is 16.1. The number of fused-ring (bicyclic) bond motifs is 4. The molecule has 2 aliphatic rings. The third-order valence-electron chi connectivity index (χ3n) is 4.92. The molecular weight excluding hydrogens is 262 g/mol. The zero-order chi connectivity index (χ0) is 14.4. The molecular formula is C17H15N3O. The van der Waals surface area contributed by atoms with Crippen LogP contribution in [0, 0.1) is 11.3 Å². The molecule has 2 heterocycles.